The van der Waals surface area contributed by atoms with Gasteiger partial charge in [-0.3, -0.25) is 4.79 Å². The molecule has 0 saturated carbocycles. The lowest BCUT2D eigenvalue weighted by atomic mass is 10.2. The Hall–Kier alpha value is -3.03. The number of anilines is 3. The summed E-state index contributed by atoms with van der Waals surface area (Å²) in [7, 11) is 1.62. The Balaban J connectivity index is 2.02. The third-order valence-electron chi connectivity index (χ3n) is 3.43. The summed E-state index contributed by atoms with van der Waals surface area (Å²) in [6.07, 6.45) is -4.48. The molecule has 0 aliphatic rings. The number of hydrogen-bond acceptors (Lipinski definition) is 2. The second-order valence-electron chi connectivity index (χ2n) is 5.28. The fraction of sp³-hybridized carbons (Fsp3) is 0.176. The number of alkyl halides is 3. The maximum absolute atomic E-state index is 12.7. The highest BCUT2D eigenvalue weighted by Gasteiger charge is 2.30. The van der Waals surface area contributed by atoms with Crippen LogP contribution in [0.15, 0.2) is 48.5 Å². The molecule has 132 valence electrons. The van der Waals surface area contributed by atoms with Gasteiger partial charge in [-0.05, 0) is 42.5 Å². The fourth-order valence-electron chi connectivity index (χ4n) is 2.02. The van der Waals surface area contributed by atoms with Crippen LogP contribution < -0.4 is 15.5 Å². The highest BCUT2D eigenvalue weighted by molar-refractivity contribution is 6.00. The van der Waals surface area contributed by atoms with E-state index < -0.39 is 17.8 Å². The van der Waals surface area contributed by atoms with E-state index in [-0.39, 0.29) is 11.6 Å². The molecule has 0 heterocycles. The first-order valence-electron chi connectivity index (χ1n) is 7.26. The van der Waals surface area contributed by atoms with Crippen LogP contribution in [0.5, 0.6) is 0 Å². The molecule has 5 nitrogen and oxygen atoms in total. The Morgan fingerprint density at radius 1 is 0.960 bits per heavy atom. The molecule has 0 aromatic heterocycles. The molecular formula is C17H16F3N3O2. The van der Waals surface area contributed by atoms with Gasteiger partial charge < -0.3 is 15.5 Å². The zero-order valence-electron chi connectivity index (χ0n) is 13.5. The molecular weight excluding hydrogens is 335 g/mol. The van der Waals surface area contributed by atoms with Crippen LogP contribution >= 0.6 is 0 Å². The van der Waals surface area contributed by atoms with Crippen molar-refractivity contribution in [2.75, 3.05) is 22.6 Å². The average Bonchev–Trinajstić information content (AvgIpc) is 2.54. The number of hydrogen-bond donors (Lipinski definition) is 2. The minimum Gasteiger partial charge on any atom is -0.316 e. The maximum Gasteiger partial charge on any atom is 0.416 e. The number of rotatable bonds is 3. The van der Waals surface area contributed by atoms with Crippen molar-refractivity contribution in [3.8, 4) is 0 Å². The van der Waals surface area contributed by atoms with Gasteiger partial charge in [0.1, 0.15) is 0 Å². The molecule has 0 saturated heterocycles. The normalized spacial score (nSPS) is 10.9. The molecule has 2 aromatic rings. The van der Waals surface area contributed by atoms with E-state index in [1.165, 1.54) is 24.0 Å². The van der Waals surface area contributed by atoms with Crippen LogP contribution in [0.1, 0.15) is 12.5 Å². The Labute approximate surface area is 142 Å². The summed E-state index contributed by atoms with van der Waals surface area (Å²) in [5.74, 6) is -0.136. The molecule has 3 amide bonds. The Bertz CT molecular complexity index is 773. The van der Waals surface area contributed by atoms with Crippen molar-refractivity contribution in [1.29, 1.82) is 0 Å². The van der Waals surface area contributed by atoms with Crippen molar-refractivity contribution in [3.05, 3.63) is 54.1 Å². The lowest BCUT2D eigenvalue weighted by Crippen LogP contribution is -2.23. The molecule has 8 heteroatoms. The molecule has 0 fully saturated rings. The van der Waals surface area contributed by atoms with Crippen LogP contribution in [0.3, 0.4) is 0 Å². The van der Waals surface area contributed by atoms with Gasteiger partial charge in [-0.2, -0.15) is 13.2 Å². The van der Waals surface area contributed by atoms with Crippen LogP contribution in [0.25, 0.3) is 0 Å². The first-order chi connectivity index (χ1) is 11.7. The quantitative estimate of drug-likeness (QED) is 0.864. The predicted octanol–water partition coefficient (Wildman–Crippen LogP) is 4.33. The molecule has 0 bridgehead atoms. The van der Waals surface area contributed by atoms with Gasteiger partial charge in [0.2, 0.25) is 5.91 Å². The van der Waals surface area contributed by atoms with E-state index in [0.29, 0.717) is 11.4 Å². The third kappa shape index (κ3) is 4.97. The number of carbonyl (C=O) groups excluding carboxylic acids is 2. The van der Waals surface area contributed by atoms with Gasteiger partial charge in [0, 0.05) is 31.0 Å². The number of nitrogens with zero attached hydrogens (tertiary/aromatic N) is 1. The fourth-order valence-corrected chi connectivity index (χ4v) is 2.02. The summed E-state index contributed by atoms with van der Waals surface area (Å²) >= 11 is 0. The van der Waals surface area contributed by atoms with Crippen LogP contribution in [0, 0.1) is 0 Å². The Kier molecular flexibility index (Phi) is 5.31. The molecule has 0 spiro atoms. The molecule has 2 rings (SSSR count). The van der Waals surface area contributed by atoms with Gasteiger partial charge in [-0.15, -0.1) is 0 Å². The zero-order valence-corrected chi connectivity index (χ0v) is 13.5. The summed E-state index contributed by atoms with van der Waals surface area (Å²) in [6, 6.07) is 10.1. The van der Waals surface area contributed by atoms with Crippen molar-refractivity contribution < 1.29 is 22.8 Å². The summed E-state index contributed by atoms with van der Waals surface area (Å²) < 4.78 is 38.0. The molecule has 0 aliphatic carbocycles. The van der Waals surface area contributed by atoms with Gasteiger partial charge in [-0.1, -0.05) is 6.07 Å². The summed E-state index contributed by atoms with van der Waals surface area (Å²) in [6.45, 7) is 1.43. The van der Waals surface area contributed by atoms with E-state index in [0.717, 1.165) is 12.1 Å². The molecule has 2 aromatic carbocycles. The van der Waals surface area contributed by atoms with Crippen LogP contribution in [-0.4, -0.2) is 19.0 Å². The van der Waals surface area contributed by atoms with Crippen LogP contribution in [0.4, 0.5) is 35.0 Å². The summed E-state index contributed by atoms with van der Waals surface area (Å²) in [5.41, 5.74) is 0.267. The van der Waals surface area contributed by atoms with E-state index in [4.69, 9.17) is 0 Å². The lowest BCUT2D eigenvalue weighted by Gasteiger charge is -2.15. The molecule has 0 aliphatic heterocycles. The van der Waals surface area contributed by atoms with Crippen molar-refractivity contribution in [3.63, 3.8) is 0 Å². The zero-order chi connectivity index (χ0) is 18.6. The van der Waals surface area contributed by atoms with Gasteiger partial charge in [0.05, 0.1) is 5.56 Å². The predicted molar refractivity (Wildman–Crippen MR) is 89.6 cm³/mol. The molecule has 0 atom stereocenters. The number of urea groups is 1. The minimum atomic E-state index is -4.48. The molecule has 0 unspecified atom stereocenters. The van der Waals surface area contributed by atoms with Crippen LogP contribution in [0.2, 0.25) is 0 Å². The van der Waals surface area contributed by atoms with Crippen molar-refractivity contribution in [1.82, 2.24) is 0 Å². The lowest BCUT2D eigenvalue weighted by molar-refractivity contribution is -0.137. The van der Waals surface area contributed by atoms with Crippen molar-refractivity contribution in [2.24, 2.45) is 0 Å². The summed E-state index contributed by atoms with van der Waals surface area (Å²) in [5, 5.41) is 4.85. The van der Waals surface area contributed by atoms with Crippen molar-refractivity contribution in [2.45, 2.75) is 13.1 Å². The first kappa shape index (κ1) is 18.3. The number of halogens is 3. The monoisotopic (exact) mass is 351 g/mol. The van der Waals surface area contributed by atoms with Gasteiger partial charge in [-0.25, -0.2) is 4.79 Å². The molecule has 25 heavy (non-hydrogen) atoms. The highest BCUT2D eigenvalue weighted by atomic mass is 19.4. The Morgan fingerprint density at radius 3 is 2.12 bits per heavy atom. The number of amides is 3. The molecule has 0 radical (unpaired) electrons. The first-order valence-corrected chi connectivity index (χ1v) is 7.26. The topological polar surface area (TPSA) is 61.4 Å². The standard InChI is InChI=1S/C17H16F3N3O2/c1-11(24)23(2)15-8-6-13(7-9-15)21-16(25)22-14-5-3-4-12(10-14)17(18,19)20/h3-10H,1-2H3,(H2,21,22,25). The van der Waals surface area contributed by atoms with Crippen LogP contribution in [-0.2, 0) is 11.0 Å². The van der Waals surface area contributed by atoms with Crippen molar-refractivity contribution >= 4 is 29.0 Å². The largest absolute Gasteiger partial charge is 0.416 e. The number of nitrogens with one attached hydrogen (secondary N) is 2. The second-order valence-corrected chi connectivity index (χ2v) is 5.28. The van der Waals surface area contributed by atoms with E-state index >= 15 is 0 Å². The SMILES string of the molecule is CC(=O)N(C)c1ccc(NC(=O)Nc2cccc(C(F)(F)F)c2)cc1. The number of benzene rings is 2. The van der Waals surface area contributed by atoms with Gasteiger partial charge in [0.15, 0.2) is 0 Å². The van der Waals surface area contributed by atoms with Gasteiger partial charge >= 0.3 is 12.2 Å². The van der Waals surface area contributed by atoms with Gasteiger partial charge in [0.25, 0.3) is 0 Å². The average molecular weight is 351 g/mol. The number of carbonyl (C=O) groups is 2. The second kappa shape index (κ2) is 7.25. The minimum absolute atomic E-state index is 0.0280. The van der Waals surface area contributed by atoms with E-state index in [1.54, 1.807) is 31.3 Å². The molecule has 2 N–H and O–H groups in total. The third-order valence-corrected chi connectivity index (χ3v) is 3.43. The van der Waals surface area contributed by atoms with E-state index in [9.17, 15) is 22.8 Å². The Morgan fingerprint density at radius 2 is 1.56 bits per heavy atom. The highest BCUT2D eigenvalue weighted by Crippen LogP contribution is 2.30. The summed E-state index contributed by atoms with van der Waals surface area (Å²) in [4.78, 5) is 24.6. The smallest absolute Gasteiger partial charge is 0.316 e. The van der Waals surface area contributed by atoms with E-state index in [1.807, 2.05) is 0 Å². The van der Waals surface area contributed by atoms with E-state index in [2.05, 4.69) is 10.6 Å². The maximum atomic E-state index is 12.7.